The Labute approximate surface area is 171 Å². The summed E-state index contributed by atoms with van der Waals surface area (Å²) in [6, 6.07) is 21.5. The highest BCUT2D eigenvalue weighted by atomic mass is 35.5. The molecular formula is C22H17ClN2O2S. The predicted octanol–water partition coefficient (Wildman–Crippen LogP) is 5.56. The average molecular weight is 409 g/mol. The number of nitrogens with one attached hydrogen (secondary N) is 1. The summed E-state index contributed by atoms with van der Waals surface area (Å²) in [5.74, 6) is 0.344. The van der Waals surface area contributed by atoms with Crippen molar-refractivity contribution in [2.45, 2.75) is 6.42 Å². The molecule has 140 valence electrons. The number of aromatic nitrogens is 1. The molecule has 0 aliphatic rings. The van der Waals surface area contributed by atoms with Gasteiger partial charge in [0.25, 0.3) is 5.91 Å². The van der Waals surface area contributed by atoms with Crippen molar-refractivity contribution in [2.24, 2.45) is 0 Å². The average Bonchev–Trinajstić information content (AvgIpc) is 3.14. The minimum atomic E-state index is -0.249. The molecule has 0 spiro atoms. The van der Waals surface area contributed by atoms with Gasteiger partial charge in [0.1, 0.15) is 5.75 Å². The smallest absolute Gasteiger partial charge is 0.264 e. The number of thiazole rings is 1. The van der Waals surface area contributed by atoms with E-state index in [1.807, 2.05) is 18.3 Å². The third kappa shape index (κ3) is 4.50. The van der Waals surface area contributed by atoms with Gasteiger partial charge < -0.3 is 4.74 Å². The zero-order valence-electron chi connectivity index (χ0n) is 14.9. The van der Waals surface area contributed by atoms with E-state index in [9.17, 15) is 4.79 Å². The Morgan fingerprint density at radius 2 is 1.82 bits per heavy atom. The number of hydrogen-bond donors (Lipinski definition) is 1. The number of halogens is 1. The highest BCUT2D eigenvalue weighted by Crippen LogP contribution is 2.25. The second-order valence-electron chi connectivity index (χ2n) is 6.24. The van der Waals surface area contributed by atoms with Crippen LogP contribution in [0.5, 0.6) is 5.75 Å². The number of benzene rings is 3. The Morgan fingerprint density at radius 3 is 2.68 bits per heavy atom. The van der Waals surface area contributed by atoms with Gasteiger partial charge in [0.15, 0.2) is 11.7 Å². The van der Waals surface area contributed by atoms with Gasteiger partial charge in [-0.1, -0.05) is 54.1 Å². The molecule has 28 heavy (non-hydrogen) atoms. The maximum atomic E-state index is 12.1. The lowest BCUT2D eigenvalue weighted by Gasteiger charge is -2.06. The van der Waals surface area contributed by atoms with E-state index < -0.39 is 0 Å². The van der Waals surface area contributed by atoms with E-state index in [1.54, 1.807) is 24.3 Å². The quantitative estimate of drug-likeness (QED) is 0.454. The van der Waals surface area contributed by atoms with Crippen molar-refractivity contribution in [3.8, 4) is 5.75 Å². The van der Waals surface area contributed by atoms with Crippen molar-refractivity contribution in [3.63, 3.8) is 0 Å². The summed E-state index contributed by atoms with van der Waals surface area (Å²) in [6.07, 6.45) is 2.58. The summed E-state index contributed by atoms with van der Waals surface area (Å²) >= 11 is 7.30. The summed E-state index contributed by atoms with van der Waals surface area (Å²) in [7, 11) is 0. The molecule has 0 unspecified atom stereocenters. The van der Waals surface area contributed by atoms with Gasteiger partial charge in [0.05, 0.1) is 0 Å². The fourth-order valence-corrected chi connectivity index (χ4v) is 3.89. The van der Waals surface area contributed by atoms with Crippen molar-refractivity contribution in [1.82, 2.24) is 4.98 Å². The minimum absolute atomic E-state index is 0.0835. The monoisotopic (exact) mass is 408 g/mol. The first-order chi connectivity index (χ1) is 13.7. The SMILES string of the molecule is O=C(COc1ccc(Cl)cc1)Nc1ncc(Cc2cccc3ccccc23)s1. The van der Waals surface area contributed by atoms with Crippen LogP contribution in [-0.4, -0.2) is 17.5 Å². The van der Waals surface area contributed by atoms with E-state index in [4.69, 9.17) is 16.3 Å². The van der Waals surface area contributed by atoms with Gasteiger partial charge >= 0.3 is 0 Å². The van der Waals surface area contributed by atoms with Crippen LogP contribution in [0.1, 0.15) is 10.4 Å². The molecular weight excluding hydrogens is 392 g/mol. The van der Waals surface area contributed by atoms with E-state index in [0.29, 0.717) is 15.9 Å². The van der Waals surface area contributed by atoms with Crippen LogP contribution in [0.25, 0.3) is 10.8 Å². The Bertz CT molecular complexity index is 1100. The number of amides is 1. The first-order valence-corrected chi connectivity index (χ1v) is 9.96. The lowest BCUT2D eigenvalue weighted by Crippen LogP contribution is -2.19. The van der Waals surface area contributed by atoms with Gasteiger partial charge in [-0.15, -0.1) is 11.3 Å². The van der Waals surface area contributed by atoms with E-state index in [1.165, 1.54) is 27.7 Å². The Kier molecular flexibility index (Phi) is 5.55. The van der Waals surface area contributed by atoms with Gasteiger partial charge in [0.2, 0.25) is 0 Å². The summed E-state index contributed by atoms with van der Waals surface area (Å²) in [5.41, 5.74) is 1.24. The standard InChI is InChI=1S/C22H17ClN2O2S/c23-17-8-10-18(11-9-17)27-14-21(26)25-22-24-13-19(28-22)12-16-6-3-5-15-4-1-2-7-20(15)16/h1-11,13H,12,14H2,(H,24,25,26). The molecule has 0 aliphatic carbocycles. The van der Waals surface area contributed by atoms with Crippen molar-refractivity contribution in [3.05, 3.63) is 88.4 Å². The van der Waals surface area contributed by atoms with Crippen LogP contribution < -0.4 is 10.1 Å². The third-order valence-electron chi connectivity index (χ3n) is 4.23. The van der Waals surface area contributed by atoms with E-state index in [-0.39, 0.29) is 12.5 Å². The zero-order chi connectivity index (χ0) is 19.3. The number of carbonyl (C=O) groups excluding carboxylic acids is 1. The van der Waals surface area contributed by atoms with E-state index in [2.05, 4.69) is 40.6 Å². The molecule has 0 radical (unpaired) electrons. The number of rotatable bonds is 6. The molecule has 1 N–H and O–H groups in total. The molecule has 0 aliphatic heterocycles. The molecule has 1 amide bonds. The molecule has 3 aromatic carbocycles. The molecule has 1 aromatic heterocycles. The highest BCUT2D eigenvalue weighted by Gasteiger charge is 2.09. The second kappa shape index (κ2) is 8.42. The van der Waals surface area contributed by atoms with Gasteiger partial charge in [-0.2, -0.15) is 0 Å². The van der Waals surface area contributed by atoms with Crippen molar-refractivity contribution < 1.29 is 9.53 Å². The van der Waals surface area contributed by atoms with Crippen LogP contribution in [0, 0.1) is 0 Å². The number of ether oxygens (including phenoxy) is 1. The number of carbonyl (C=O) groups is 1. The van der Waals surface area contributed by atoms with Crippen LogP contribution in [0.2, 0.25) is 5.02 Å². The van der Waals surface area contributed by atoms with Crippen molar-refractivity contribution in [1.29, 1.82) is 0 Å². The van der Waals surface area contributed by atoms with Crippen molar-refractivity contribution in [2.75, 3.05) is 11.9 Å². The normalized spacial score (nSPS) is 10.8. The maximum Gasteiger partial charge on any atom is 0.264 e. The molecule has 1 heterocycles. The molecule has 4 aromatic rings. The predicted molar refractivity (Wildman–Crippen MR) is 114 cm³/mol. The van der Waals surface area contributed by atoms with Gasteiger partial charge in [0, 0.05) is 22.5 Å². The van der Waals surface area contributed by atoms with Gasteiger partial charge in [-0.05, 0) is 40.6 Å². The van der Waals surface area contributed by atoms with Crippen LogP contribution in [0.3, 0.4) is 0 Å². The van der Waals surface area contributed by atoms with Crippen LogP contribution >= 0.6 is 22.9 Å². The van der Waals surface area contributed by atoms with Crippen LogP contribution in [0.15, 0.2) is 72.9 Å². The van der Waals surface area contributed by atoms with Gasteiger partial charge in [-0.25, -0.2) is 4.98 Å². The first kappa shape index (κ1) is 18.5. The second-order valence-corrected chi connectivity index (χ2v) is 7.79. The topological polar surface area (TPSA) is 51.2 Å². The molecule has 4 nitrogen and oxygen atoms in total. The summed E-state index contributed by atoms with van der Waals surface area (Å²) in [5, 5.41) is 6.43. The lowest BCUT2D eigenvalue weighted by molar-refractivity contribution is -0.118. The molecule has 4 rings (SSSR count). The van der Waals surface area contributed by atoms with Gasteiger partial charge in [-0.3, -0.25) is 10.1 Å². The molecule has 6 heteroatoms. The number of anilines is 1. The number of nitrogens with zero attached hydrogens (tertiary/aromatic N) is 1. The first-order valence-electron chi connectivity index (χ1n) is 8.77. The Balaban J connectivity index is 1.37. The molecule has 0 fully saturated rings. The molecule has 0 saturated heterocycles. The van der Waals surface area contributed by atoms with Crippen molar-refractivity contribution >= 4 is 44.7 Å². The largest absolute Gasteiger partial charge is 0.484 e. The van der Waals surface area contributed by atoms with E-state index in [0.717, 1.165) is 11.3 Å². The molecule has 0 atom stereocenters. The number of fused-ring (bicyclic) bond motifs is 1. The van der Waals surface area contributed by atoms with Crippen LogP contribution in [-0.2, 0) is 11.2 Å². The third-order valence-corrected chi connectivity index (χ3v) is 5.39. The zero-order valence-corrected chi connectivity index (χ0v) is 16.5. The summed E-state index contributed by atoms with van der Waals surface area (Å²) in [6.45, 7) is -0.0835. The fourth-order valence-electron chi connectivity index (χ4n) is 2.92. The summed E-state index contributed by atoms with van der Waals surface area (Å²) in [4.78, 5) is 17.5. The fraction of sp³-hybridized carbons (Fsp3) is 0.0909. The minimum Gasteiger partial charge on any atom is -0.484 e. The molecule has 0 saturated carbocycles. The van der Waals surface area contributed by atoms with Crippen LogP contribution in [0.4, 0.5) is 5.13 Å². The van der Waals surface area contributed by atoms with E-state index >= 15 is 0 Å². The Hall–Kier alpha value is -2.89. The lowest BCUT2D eigenvalue weighted by atomic mass is 10.0. The molecule has 0 bridgehead atoms. The highest BCUT2D eigenvalue weighted by molar-refractivity contribution is 7.15. The Morgan fingerprint density at radius 1 is 1.04 bits per heavy atom. The summed E-state index contributed by atoms with van der Waals surface area (Å²) < 4.78 is 5.45. The number of hydrogen-bond acceptors (Lipinski definition) is 4. The maximum absolute atomic E-state index is 12.1.